The second kappa shape index (κ2) is 3.80. The van der Waals surface area contributed by atoms with Gasteiger partial charge >= 0.3 is 0 Å². The normalized spacial score (nSPS) is 20.7. The van der Waals surface area contributed by atoms with Gasteiger partial charge in [0.05, 0.1) is 5.69 Å². The second-order valence-electron chi connectivity index (χ2n) is 5.65. The molecule has 0 bridgehead atoms. The van der Waals surface area contributed by atoms with Crippen molar-refractivity contribution in [1.82, 2.24) is 9.97 Å². The van der Waals surface area contributed by atoms with Crippen molar-refractivity contribution in [2.75, 3.05) is 5.73 Å². The zero-order chi connectivity index (χ0) is 12.8. The average molecular weight is 239 g/mol. The van der Waals surface area contributed by atoms with E-state index < -0.39 is 0 Å². The van der Waals surface area contributed by atoms with Gasteiger partial charge in [-0.25, -0.2) is 9.97 Å². The average Bonchev–Trinajstić information content (AvgIpc) is 2.99. The topological polar surface area (TPSA) is 51.8 Å². The van der Waals surface area contributed by atoms with E-state index in [1.54, 1.807) is 0 Å². The molecule has 2 N–H and O–H groups in total. The summed E-state index contributed by atoms with van der Waals surface area (Å²) in [7, 11) is 0. The maximum atomic E-state index is 5.90. The zero-order valence-electron chi connectivity index (χ0n) is 10.7. The van der Waals surface area contributed by atoms with Crippen molar-refractivity contribution in [2.24, 2.45) is 5.41 Å². The molecule has 1 aromatic carbocycles. The highest BCUT2D eigenvalue weighted by Crippen LogP contribution is 2.57. The Bertz CT molecular complexity index is 576. The van der Waals surface area contributed by atoms with Gasteiger partial charge in [0, 0.05) is 17.5 Å². The zero-order valence-corrected chi connectivity index (χ0v) is 10.7. The molecule has 0 saturated heterocycles. The summed E-state index contributed by atoms with van der Waals surface area (Å²) in [6.07, 6.45) is 1.14. The molecule has 0 amide bonds. The monoisotopic (exact) mass is 239 g/mol. The van der Waals surface area contributed by atoms with Crippen molar-refractivity contribution in [3.8, 4) is 11.3 Å². The van der Waals surface area contributed by atoms with Crippen LogP contribution in [0.3, 0.4) is 0 Å². The van der Waals surface area contributed by atoms with E-state index in [1.807, 2.05) is 36.4 Å². The van der Waals surface area contributed by atoms with Crippen LogP contribution in [-0.4, -0.2) is 9.97 Å². The number of nitrogen functional groups attached to an aromatic ring is 1. The van der Waals surface area contributed by atoms with Crippen LogP contribution in [0.1, 0.15) is 32.0 Å². The van der Waals surface area contributed by atoms with Crippen LogP contribution in [0.5, 0.6) is 0 Å². The number of nitrogens with zero attached hydrogens (tertiary/aromatic N) is 2. The lowest BCUT2D eigenvalue weighted by atomic mass is 10.1. The minimum absolute atomic E-state index is 0.321. The lowest BCUT2D eigenvalue weighted by molar-refractivity contribution is 0.609. The summed E-state index contributed by atoms with van der Waals surface area (Å²) < 4.78 is 0. The van der Waals surface area contributed by atoms with Crippen molar-refractivity contribution in [1.29, 1.82) is 0 Å². The minimum Gasteiger partial charge on any atom is -0.384 e. The Morgan fingerprint density at radius 2 is 1.83 bits per heavy atom. The van der Waals surface area contributed by atoms with Crippen molar-refractivity contribution in [3.05, 3.63) is 42.2 Å². The molecule has 1 unspecified atom stereocenters. The Labute approximate surface area is 107 Å². The predicted octanol–water partition coefficient (Wildman–Crippen LogP) is 3.24. The molecule has 3 heteroatoms. The third kappa shape index (κ3) is 1.96. The molecule has 18 heavy (non-hydrogen) atoms. The number of benzene rings is 1. The Morgan fingerprint density at radius 3 is 2.44 bits per heavy atom. The number of aromatic nitrogens is 2. The van der Waals surface area contributed by atoms with E-state index in [1.165, 1.54) is 0 Å². The van der Waals surface area contributed by atoms with E-state index in [2.05, 4.69) is 23.8 Å². The molecule has 3 rings (SSSR count). The third-order valence-electron chi connectivity index (χ3n) is 3.66. The molecular formula is C15H17N3. The molecule has 1 saturated carbocycles. The third-order valence-corrected chi connectivity index (χ3v) is 3.66. The number of hydrogen-bond donors (Lipinski definition) is 1. The van der Waals surface area contributed by atoms with Crippen LogP contribution in [0.25, 0.3) is 11.3 Å². The van der Waals surface area contributed by atoms with Crippen LogP contribution in [0.15, 0.2) is 36.4 Å². The summed E-state index contributed by atoms with van der Waals surface area (Å²) in [6, 6.07) is 11.9. The van der Waals surface area contributed by atoms with Crippen molar-refractivity contribution < 1.29 is 0 Å². The Hall–Kier alpha value is -1.90. The minimum atomic E-state index is 0.321. The standard InChI is InChI=1S/C15H17N3/c1-15(2)9-11(15)14-17-12(8-13(16)18-14)10-6-4-3-5-7-10/h3-8,11H,9H2,1-2H3,(H2,16,17,18). The highest BCUT2D eigenvalue weighted by molar-refractivity contribution is 5.61. The number of nitrogens with two attached hydrogens (primary N) is 1. The Balaban J connectivity index is 2.02. The largest absolute Gasteiger partial charge is 0.384 e. The van der Waals surface area contributed by atoms with Gasteiger partial charge in [0.2, 0.25) is 0 Å². The van der Waals surface area contributed by atoms with E-state index in [4.69, 9.17) is 5.73 Å². The lowest BCUT2D eigenvalue weighted by Crippen LogP contribution is -2.02. The van der Waals surface area contributed by atoms with E-state index in [0.29, 0.717) is 17.2 Å². The summed E-state index contributed by atoms with van der Waals surface area (Å²) in [6.45, 7) is 4.48. The molecule has 0 radical (unpaired) electrons. The fraction of sp³-hybridized carbons (Fsp3) is 0.333. The first-order chi connectivity index (χ1) is 8.56. The Morgan fingerprint density at radius 1 is 1.17 bits per heavy atom. The van der Waals surface area contributed by atoms with Gasteiger partial charge in [-0.15, -0.1) is 0 Å². The van der Waals surface area contributed by atoms with Crippen LogP contribution in [0.2, 0.25) is 0 Å². The summed E-state index contributed by atoms with van der Waals surface area (Å²) in [5.74, 6) is 1.89. The van der Waals surface area contributed by atoms with Gasteiger partial charge in [0.25, 0.3) is 0 Å². The fourth-order valence-corrected chi connectivity index (χ4v) is 2.31. The van der Waals surface area contributed by atoms with Gasteiger partial charge in [-0.3, -0.25) is 0 Å². The molecule has 0 aliphatic heterocycles. The maximum Gasteiger partial charge on any atom is 0.135 e. The van der Waals surface area contributed by atoms with Crippen LogP contribution in [0.4, 0.5) is 5.82 Å². The smallest absolute Gasteiger partial charge is 0.135 e. The first kappa shape index (κ1) is 11.2. The fourth-order valence-electron chi connectivity index (χ4n) is 2.31. The predicted molar refractivity (Wildman–Crippen MR) is 73.0 cm³/mol. The molecular weight excluding hydrogens is 222 g/mol. The molecule has 0 spiro atoms. The van der Waals surface area contributed by atoms with Gasteiger partial charge in [-0.05, 0) is 11.8 Å². The maximum absolute atomic E-state index is 5.90. The number of hydrogen-bond acceptors (Lipinski definition) is 3. The van der Waals surface area contributed by atoms with E-state index >= 15 is 0 Å². The second-order valence-corrected chi connectivity index (χ2v) is 5.65. The molecule has 3 nitrogen and oxygen atoms in total. The number of anilines is 1. The van der Waals surface area contributed by atoms with Crippen LogP contribution >= 0.6 is 0 Å². The van der Waals surface area contributed by atoms with Crippen LogP contribution in [0, 0.1) is 5.41 Å². The van der Waals surface area contributed by atoms with Crippen molar-refractivity contribution >= 4 is 5.82 Å². The number of rotatable bonds is 2. The molecule has 92 valence electrons. The van der Waals surface area contributed by atoms with Gasteiger partial charge < -0.3 is 5.73 Å². The Kier molecular flexibility index (Phi) is 2.37. The van der Waals surface area contributed by atoms with Gasteiger partial charge in [-0.1, -0.05) is 44.2 Å². The highest BCUT2D eigenvalue weighted by Gasteiger charge is 2.48. The summed E-state index contributed by atoms with van der Waals surface area (Å²) >= 11 is 0. The molecule has 1 aliphatic carbocycles. The molecule has 1 atom stereocenters. The molecule has 1 aliphatic rings. The summed E-state index contributed by atoms with van der Waals surface area (Å²) in [5, 5.41) is 0. The van der Waals surface area contributed by atoms with Crippen LogP contribution in [-0.2, 0) is 0 Å². The summed E-state index contributed by atoms with van der Waals surface area (Å²) in [5.41, 5.74) is 8.23. The van der Waals surface area contributed by atoms with Gasteiger partial charge in [0.1, 0.15) is 11.6 Å². The summed E-state index contributed by atoms with van der Waals surface area (Å²) in [4.78, 5) is 9.05. The SMILES string of the molecule is CC1(C)CC1c1nc(N)cc(-c2ccccc2)n1. The van der Waals surface area contributed by atoms with Crippen LogP contribution < -0.4 is 5.73 Å². The van der Waals surface area contributed by atoms with E-state index in [9.17, 15) is 0 Å². The van der Waals surface area contributed by atoms with Gasteiger partial charge in [0.15, 0.2) is 0 Å². The van der Waals surface area contributed by atoms with E-state index in [-0.39, 0.29) is 0 Å². The highest BCUT2D eigenvalue weighted by atomic mass is 15.0. The molecule has 2 aromatic rings. The van der Waals surface area contributed by atoms with Crippen molar-refractivity contribution in [2.45, 2.75) is 26.2 Å². The van der Waals surface area contributed by atoms with Crippen molar-refractivity contribution in [3.63, 3.8) is 0 Å². The molecule has 1 aromatic heterocycles. The first-order valence-electron chi connectivity index (χ1n) is 6.26. The first-order valence-corrected chi connectivity index (χ1v) is 6.26. The molecule has 1 fully saturated rings. The van der Waals surface area contributed by atoms with Gasteiger partial charge in [-0.2, -0.15) is 0 Å². The quantitative estimate of drug-likeness (QED) is 0.875. The van der Waals surface area contributed by atoms with E-state index in [0.717, 1.165) is 23.5 Å². The lowest BCUT2D eigenvalue weighted by Gasteiger charge is -2.07. The molecule has 1 heterocycles.